The summed E-state index contributed by atoms with van der Waals surface area (Å²) in [7, 11) is 0. The summed E-state index contributed by atoms with van der Waals surface area (Å²) in [6.45, 7) is 0.0846. The van der Waals surface area contributed by atoms with Crippen molar-refractivity contribution in [2.24, 2.45) is 11.8 Å². The van der Waals surface area contributed by atoms with Gasteiger partial charge in [-0.3, -0.25) is 4.79 Å². The van der Waals surface area contributed by atoms with Gasteiger partial charge in [-0.15, -0.1) is 5.73 Å². The molecule has 28 heavy (non-hydrogen) atoms. The molecular weight excluding hydrogens is 360 g/mol. The molecule has 0 saturated heterocycles. The molecule has 6 nitrogen and oxygen atoms in total. The van der Waals surface area contributed by atoms with Crippen molar-refractivity contribution in [1.82, 2.24) is 0 Å². The summed E-state index contributed by atoms with van der Waals surface area (Å²) in [4.78, 5) is 12.2. The highest BCUT2D eigenvalue weighted by atomic mass is 16.5. The third kappa shape index (κ3) is 7.43. The fourth-order valence-corrected chi connectivity index (χ4v) is 3.13. The number of benzene rings is 1. The van der Waals surface area contributed by atoms with E-state index in [1.807, 2.05) is 18.2 Å². The third-order valence-corrected chi connectivity index (χ3v) is 4.63. The monoisotopic (exact) mass is 388 g/mol. The minimum absolute atomic E-state index is 0.0130. The van der Waals surface area contributed by atoms with E-state index in [-0.39, 0.29) is 37.1 Å². The van der Waals surface area contributed by atoms with E-state index in [0.717, 1.165) is 0 Å². The predicted molar refractivity (Wildman–Crippen MR) is 104 cm³/mol. The zero-order chi connectivity index (χ0) is 20.4. The summed E-state index contributed by atoms with van der Waals surface area (Å²) in [6.07, 6.45) is 4.96. The lowest BCUT2D eigenvalue weighted by Crippen LogP contribution is -2.20. The normalized spacial score (nSPS) is 23.0. The van der Waals surface area contributed by atoms with Crippen LogP contribution in [0.3, 0.4) is 0 Å². The molecule has 0 aromatic heterocycles. The third-order valence-electron chi connectivity index (χ3n) is 4.63. The Kier molecular flexibility index (Phi) is 9.14. The van der Waals surface area contributed by atoms with Crippen LogP contribution in [0.1, 0.15) is 25.7 Å². The molecule has 0 radical (unpaired) electrons. The number of Topliss-reactive ketones (excluding diaryl/α,β-unsaturated/α-hetero) is 1. The van der Waals surface area contributed by atoms with Crippen LogP contribution in [0.2, 0.25) is 0 Å². The van der Waals surface area contributed by atoms with Gasteiger partial charge in [0.05, 0.1) is 6.10 Å². The first-order valence-corrected chi connectivity index (χ1v) is 9.48. The molecule has 0 heterocycles. The van der Waals surface area contributed by atoms with Gasteiger partial charge in [0.2, 0.25) is 0 Å². The average molecular weight is 388 g/mol. The number of rotatable bonds is 10. The van der Waals surface area contributed by atoms with Crippen molar-refractivity contribution in [2.75, 3.05) is 6.61 Å². The number of ketones is 1. The Bertz CT molecular complexity index is 690. The zero-order valence-electron chi connectivity index (χ0n) is 15.7. The smallest absolute Gasteiger partial charge is 0.151 e. The van der Waals surface area contributed by atoms with E-state index in [2.05, 4.69) is 5.73 Å². The first-order chi connectivity index (χ1) is 13.5. The number of carbonyl (C=O) groups excluding carboxylic acids is 1. The van der Waals surface area contributed by atoms with Crippen LogP contribution in [-0.2, 0) is 4.79 Å². The van der Waals surface area contributed by atoms with Gasteiger partial charge in [0, 0.05) is 24.7 Å². The van der Waals surface area contributed by atoms with Gasteiger partial charge in [-0.05, 0) is 37.1 Å². The Morgan fingerprint density at radius 2 is 1.93 bits per heavy atom. The molecule has 6 heteroatoms. The summed E-state index contributed by atoms with van der Waals surface area (Å²) in [5.74, 6) is -0.0791. The number of ether oxygens (including phenoxy) is 1. The highest BCUT2D eigenvalue weighted by Gasteiger charge is 2.39. The number of para-hydroxylation sites is 1. The lowest BCUT2D eigenvalue weighted by molar-refractivity contribution is -0.121. The Hall–Kier alpha value is -2.21. The molecule has 1 aromatic rings. The largest absolute Gasteiger partial charge is 0.491 e. The zero-order valence-corrected chi connectivity index (χ0v) is 15.7. The Labute approximate surface area is 165 Å². The van der Waals surface area contributed by atoms with Crippen LogP contribution in [0, 0.1) is 11.8 Å². The van der Waals surface area contributed by atoms with E-state index in [0.29, 0.717) is 18.6 Å². The highest BCUT2D eigenvalue weighted by Crippen LogP contribution is 2.33. The Balaban J connectivity index is 1.87. The van der Waals surface area contributed by atoms with E-state index in [1.54, 1.807) is 36.4 Å². The quantitative estimate of drug-likeness (QED) is 0.276. The first-order valence-electron chi connectivity index (χ1n) is 9.48. The van der Waals surface area contributed by atoms with Gasteiger partial charge in [0.1, 0.15) is 24.2 Å². The van der Waals surface area contributed by atoms with Gasteiger partial charge < -0.3 is 25.2 Å². The number of aliphatic hydroxyl groups is 4. The lowest BCUT2D eigenvalue weighted by atomic mass is 9.90. The molecule has 4 N–H and O–H groups in total. The van der Waals surface area contributed by atoms with Gasteiger partial charge >= 0.3 is 0 Å². The van der Waals surface area contributed by atoms with Crippen LogP contribution in [0.25, 0.3) is 0 Å². The van der Waals surface area contributed by atoms with Crippen LogP contribution < -0.4 is 4.74 Å². The highest BCUT2D eigenvalue weighted by molar-refractivity contribution is 5.84. The number of hydrogen-bond donors (Lipinski definition) is 4. The minimum atomic E-state index is -1.34. The fraction of sp³-hybridized carbons (Fsp3) is 0.455. The first kappa shape index (κ1) is 22.1. The van der Waals surface area contributed by atoms with Crippen molar-refractivity contribution in [2.45, 2.75) is 44.2 Å². The second-order valence-electron chi connectivity index (χ2n) is 6.87. The molecule has 1 aliphatic carbocycles. The van der Waals surface area contributed by atoms with Crippen LogP contribution >= 0.6 is 0 Å². The number of carbonyl (C=O) groups is 1. The molecule has 0 amide bonds. The Morgan fingerprint density at radius 1 is 1.18 bits per heavy atom. The van der Waals surface area contributed by atoms with Crippen LogP contribution in [0.15, 0.2) is 60.4 Å². The number of aliphatic hydroxyl groups excluding tert-OH is 3. The van der Waals surface area contributed by atoms with Crippen molar-refractivity contribution in [1.29, 1.82) is 0 Å². The van der Waals surface area contributed by atoms with Gasteiger partial charge in [-0.25, -0.2) is 0 Å². The van der Waals surface area contributed by atoms with Crippen LogP contribution in [-0.4, -0.2) is 51.3 Å². The topological polar surface area (TPSA) is 107 Å². The van der Waals surface area contributed by atoms with Crippen LogP contribution in [0.5, 0.6) is 5.75 Å². The van der Waals surface area contributed by atoms with Crippen molar-refractivity contribution in [3.05, 3.63) is 60.4 Å². The molecule has 0 unspecified atom stereocenters. The predicted octanol–water partition coefficient (Wildman–Crippen LogP) is 1.74. The van der Waals surface area contributed by atoms with Gasteiger partial charge in [0.25, 0.3) is 0 Å². The average Bonchev–Trinajstić information content (AvgIpc) is 2.94. The molecule has 0 spiro atoms. The summed E-state index contributed by atoms with van der Waals surface area (Å²) in [5, 5.41) is 37.8. The SMILES string of the molecule is O=C1C[C@@H](O)[C@H](/C=C/[C@@H](O)COc2ccccc2)[C@H]1CC=C=CCCC(O)O. The van der Waals surface area contributed by atoms with Gasteiger partial charge in [-0.1, -0.05) is 30.4 Å². The molecule has 4 atom stereocenters. The molecule has 0 bridgehead atoms. The van der Waals surface area contributed by atoms with Gasteiger partial charge in [-0.2, -0.15) is 0 Å². The van der Waals surface area contributed by atoms with E-state index >= 15 is 0 Å². The second kappa shape index (κ2) is 11.6. The van der Waals surface area contributed by atoms with Crippen molar-refractivity contribution in [3.8, 4) is 5.75 Å². The summed E-state index contributed by atoms with van der Waals surface area (Å²) < 4.78 is 5.49. The summed E-state index contributed by atoms with van der Waals surface area (Å²) >= 11 is 0. The maximum Gasteiger partial charge on any atom is 0.151 e. The summed E-state index contributed by atoms with van der Waals surface area (Å²) in [6, 6.07) is 9.16. The lowest BCUT2D eigenvalue weighted by Gasteiger charge is -2.16. The van der Waals surface area contributed by atoms with E-state index < -0.39 is 18.5 Å². The molecule has 152 valence electrons. The maximum absolute atomic E-state index is 12.2. The summed E-state index contributed by atoms with van der Waals surface area (Å²) in [5.41, 5.74) is 2.93. The molecule has 1 fully saturated rings. The number of allylic oxidation sites excluding steroid dienone is 1. The molecular formula is C22H28O6. The second-order valence-corrected chi connectivity index (χ2v) is 6.87. The van der Waals surface area contributed by atoms with Crippen molar-refractivity contribution < 1.29 is 30.0 Å². The standard InChI is InChI=1S/C22H28O6/c23-16(15-28-17-8-4-3-5-9-17)12-13-19-18(20(24)14-21(19)25)10-6-1-2-7-11-22(26)27/h2-6,8-9,12-13,16,18-19,21-23,25-27H,7,10-11,14-15H2/b13-12+/t1?,16-,18-,19-,21-/m1/s1. The van der Waals surface area contributed by atoms with Gasteiger partial charge in [0.15, 0.2) is 6.29 Å². The minimum Gasteiger partial charge on any atom is -0.491 e. The van der Waals surface area contributed by atoms with E-state index in [4.69, 9.17) is 14.9 Å². The molecule has 2 rings (SSSR count). The Morgan fingerprint density at radius 3 is 2.64 bits per heavy atom. The van der Waals surface area contributed by atoms with Crippen LogP contribution in [0.4, 0.5) is 0 Å². The number of hydrogen-bond acceptors (Lipinski definition) is 6. The van der Waals surface area contributed by atoms with Crippen molar-refractivity contribution in [3.63, 3.8) is 0 Å². The molecule has 1 aromatic carbocycles. The van der Waals surface area contributed by atoms with Crippen molar-refractivity contribution >= 4 is 5.78 Å². The maximum atomic E-state index is 12.2. The van der Waals surface area contributed by atoms with E-state index in [1.165, 1.54) is 0 Å². The molecule has 0 aliphatic heterocycles. The van der Waals surface area contributed by atoms with E-state index in [9.17, 15) is 15.0 Å². The molecule has 1 aliphatic rings. The molecule has 1 saturated carbocycles. The fourth-order valence-electron chi connectivity index (χ4n) is 3.13.